The molecule has 0 aliphatic carbocycles. The lowest BCUT2D eigenvalue weighted by atomic mass is 10.2. The molecule has 0 unspecified atom stereocenters. The van der Waals surface area contributed by atoms with Crippen LogP contribution in [0.25, 0.3) is 0 Å². The SMILES string of the molecule is CC[C@@H](C)Oc1cccc(C(=O)O)c1. The van der Waals surface area contributed by atoms with Crippen LogP contribution in [0.1, 0.15) is 30.6 Å². The van der Waals surface area contributed by atoms with E-state index in [-0.39, 0.29) is 11.7 Å². The van der Waals surface area contributed by atoms with Gasteiger partial charge in [-0.3, -0.25) is 0 Å². The predicted molar refractivity (Wildman–Crippen MR) is 53.8 cm³/mol. The first-order valence-electron chi connectivity index (χ1n) is 4.63. The highest BCUT2D eigenvalue weighted by molar-refractivity contribution is 5.87. The minimum absolute atomic E-state index is 0.110. The second-order valence-electron chi connectivity index (χ2n) is 3.17. The van der Waals surface area contributed by atoms with E-state index in [0.717, 1.165) is 6.42 Å². The van der Waals surface area contributed by atoms with E-state index in [9.17, 15) is 4.79 Å². The number of aromatic carboxylic acids is 1. The average molecular weight is 194 g/mol. The molecule has 0 saturated heterocycles. The number of carboxylic acid groups (broad SMARTS) is 1. The van der Waals surface area contributed by atoms with Crippen molar-refractivity contribution in [3.63, 3.8) is 0 Å². The van der Waals surface area contributed by atoms with Gasteiger partial charge in [-0.05, 0) is 31.5 Å². The van der Waals surface area contributed by atoms with E-state index in [4.69, 9.17) is 9.84 Å². The number of benzene rings is 1. The summed E-state index contributed by atoms with van der Waals surface area (Å²) in [5, 5.41) is 8.75. The van der Waals surface area contributed by atoms with E-state index < -0.39 is 5.97 Å². The molecule has 1 aromatic rings. The number of ether oxygens (including phenoxy) is 1. The fraction of sp³-hybridized carbons (Fsp3) is 0.364. The summed E-state index contributed by atoms with van der Waals surface area (Å²) in [7, 11) is 0. The van der Waals surface area contributed by atoms with Gasteiger partial charge in [-0.1, -0.05) is 13.0 Å². The molecule has 0 fully saturated rings. The third-order valence-corrected chi connectivity index (χ3v) is 1.99. The monoisotopic (exact) mass is 194 g/mol. The van der Waals surface area contributed by atoms with E-state index in [2.05, 4.69) is 0 Å². The van der Waals surface area contributed by atoms with Crippen LogP contribution >= 0.6 is 0 Å². The van der Waals surface area contributed by atoms with Crippen LogP contribution in [0, 0.1) is 0 Å². The molecule has 0 radical (unpaired) electrons. The summed E-state index contributed by atoms with van der Waals surface area (Å²) in [5.41, 5.74) is 0.255. The normalized spacial score (nSPS) is 12.1. The van der Waals surface area contributed by atoms with Gasteiger partial charge in [0.2, 0.25) is 0 Å². The van der Waals surface area contributed by atoms with E-state index in [1.807, 2.05) is 13.8 Å². The summed E-state index contributed by atoms with van der Waals surface area (Å²) in [6.07, 6.45) is 1.01. The van der Waals surface area contributed by atoms with Crippen molar-refractivity contribution in [3.8, 4) is 5.75 Å². The third-order valence-electron chi connectivity index (χ3n) is 1.99. The summed E-state index contributed by atoms with van der Waals surface area (Å²) in [6.45, 7) is 3.97. The van der Waals surface area contributed by atoms with Gasteiger partial charge in [-0.2, -0.15) is 0 Å². The van der Waals surface area contributed by atoms with Gasteiger partial charge in [0, 0.05) is 0 Å². The molecule has 1 aromatic carbocycles. The van der Waals surface area contributed by atoms with Crippen molar-refractivity contribution >= 4 is 5.97 Å². The molecule has 3 heteroatoms. The van der Waals surface area contributed by atoms with Gasteiger partial charge in [0.1, 0.15) is 5.75 Å². The smallest absolute Gasteiger partial charge is 0.335 e. The molecular formula is C11H14O3. The van der Waals surface area contributed by atoms with Crippen molar-refractivity contribution in [2.45, 2.75) is 26.4 Å². The Balaban J connectivity index is 2.78. The molecule has 0 heterocycles. The molecule has 1 N–H and O–H groups in total. The molecule has 76 valence electrons. The van der Waals surface area contributed by atoms with Crippen molar-refractivity contribution in [1.82, 2.24) is 0 Å². The Morgan fingerprint density at radius 2 is 2.29 bits per heavy atom. The van der Waals surface area contributed by atoms with Gasteiger partial charge in [-0.25, -0.2) is 4.79 Å². The van der Waals surface area contributed by atoms with Crippen LogP contribution in [0.3, 0.4) is 0 Å². The maximum Gasteiger partial charge on any atom is 0.335 e. The zero-order chi connectivity index (χ0) is 10.6. The fourth-order valence-corrected chi connectivity index (χ4v) is 1.02. The minimum Gasteiger partial charge on any atom is -0.491 e. The molecule has 3 nitrogen and oxygen atoms in total. The van der Waals surface area contributed by atoms with E-state index in [0.29, 0.717) is 5.75 Å². The summed E-state index contributed by atoms with van der Waals surface area (Å²) in [4.78, 5) is 10.7. The van der Waals surface area contributed by atoms with Crippen LogP contribution in [0.15, 0.2) is 24.3 Å². The van der Waals surface area contributed by atoms with Crippen molar-refractivity contribution in [2.24, 2.45) is 0 Å². The second-order valence-corrected chi connectivity index (χ2v) is 3.17. The van der Waals surface area contributed by atoms with Crippen LogP contribution in [-0.4, -0.2) is 17.2 Å². The number of carboxylic acids is 1. The molecule has 0 bridgehead atoms. The third kappa shape index (κ3) is 2.76. The van der Waals surface area contributed by atoms with Gasteiger partial charge < -0.3 is 9.84 Å². The molecule has 14 heavy (non-hydrogen) atoms. The first-order chi connectivity index (χ1) is 6.63. The van der Waals surface area contributed by atoms with Crippen LogP contribution in [0.4, 0.5) is 0 Å². The first kappa shape index (κ1) is 10.6. The second kappa shape index (κ2) is 4.65. The number of hydrogen-bond acceptors (Lipinski definition) is 2. The molecule has 0 saturated carbocycles. The summed E-state index contributed by atoms with van der Waals surface area (Å²) in [6, 6.07) is 6.53. The Hall–Kier alpha value is -1.51. The van der Waals surface area contributed by atoms with Gasteiger partial charge in [0.15, 0.2) is 0 Å². The zero-order valence-corrected chi connectivity index (χ0v) is 8.36. The van der Waals surface area contributed by atoms with Gasteiger partial charge >= 0.3 is 5.97 Å². The number of rotatable bonds is 4. The van der Waals surface area contributed by atoms with Crippen LogP contribution in [0.5, 0.6) is 5.75 Å². The van der Waals surface area contributed by atoms with Gasteiger partial charge in [0.25, 0.3) is 0 Å². The summed E-state index contributed by atoms with van der Waals surface area (Å²) < 4.78 is 5.49. The van der Waals surface area contributed by atoms with Gasteiger partial charge in [0.05, 0.1) is 11.7 Å². The Kier molecular flexibility index (Phi) is 3.51. The number of hydrogen-bond donors (Lipinski definition) is 1. The molecule has 1 rings (SSSR count). The lowest BCUT2D eigenvalue weighted by molar-refractivity contribution is 0.0696. The quantitative estimate of drug-likeness (QED) is 0.801. The average Bonchev–Trinajstić information content (AvgIpc) is 2.18. The maximum absolute atomic E-state index is 10.7. The lowest BCUT2D eigenvalue weighted by Crippen LogP contribution is -2.10. The van der Waals surface area contributed by atoms with Crippen LogP contribution in [-0.2, 0) is 0 Å². The zero-order valence-electron chi connectivity index (χ0n) is 8.36. The predicted octanol–water partition coefficient (Wildman–Crippen LogP) is 2.56. The molecule has 1 atom stereocenters. The number of carbonyl (C=O) groups is 1. The summed E-state index contributed by atoms with van der Waals surface area (Å²) >= 11 is 0. The Morgan fingerprint density at radius 1 is 1.57 bits per heavy atom. The Morgan fingerprint density at radius 3 is 2.86 bits per heavy atom. The highest BCUT2D eigenvalue weighted by Gasteiger charge is 2.05. The largest absolute Gasteiger partial charge is 0.491 e. The Bertz CT molecular complexity index is 320. The fourth-order valence-electron chi connectivity index (χ4n) is 1.02. The van der Waals surface area contributed by atoms with E-state index in [1.165, 1.54) is 6.07 Å². The molecule has 0 aliphatic rings. The van der Waals surface area contributed by atoms with Crippen molar-refractivity contribution in [2.75, 3.05) is 0 Å². The van der Waals surface area contributed by atoms with E-state index in [1.54, 1.807) is 18.2 Å². The lowest BCUT2D eigenvalue weighted by Gasteiger charge is -2.12. The first-order valence-corrected chi connectivity index (χ1v) is 4.63. The highest BCUT2D eigenvalue weighted by Crippen LogP contribution is 2.15. The molecule has 0 aliphatic heterocycles. The molecule has 0 spiro atoms. The topological polar surface area (TPSA) is 46.5 Å². The summed E-state index contributed by atoms with van der Waals surface area (Å²) in [5.74, 6) is -0.321. The minimum atomic E-state index is -0.931. The highest BCUT2D eigenvalue weighted by atomic mass is 16.5. The van der Waals surface area contributed by atoms with E-state index >= 15 is 0 Å². The van der Waals surface area contributed by atoms with Crippen LogP contribution in [0.2, 0.25) is 0 Å². The molecule has 0 amide bonds. The Labute approximate surface area is 83.3 Å². The van der Waals surface area contributed by atoms with Crippen molar-refractivity contribution in [3.05, 3.63) is 29.8 Å². The van der Waals surface area contributed by atoms with Crippen molar-refractivity contribution in [1.29, 1.82) is 0 Å². The molecule has 0 aromatic heterocycles. The van der Waals surface area contributed by atoms with Crippen molar-refractivity contribution < 1.29 is 14.6 Å². The standard InChI is InChI=1S/C11H14O3/c1-3-8(2)14-10-6-4-5-9(7-10)11(12)13/h4-8H,3H2,1-2H3,(H,12,13)/t8-/m1/s1. The molecular weight excluding hydrogens is 180 g/mol. The van der Waals surface area contributed by atoms with Gasteiger partial charge in [-0.15, -0.1) is 0 Å². The maximum atomic E-state index is 10.7. The van der Waals surface area contributed by atoms with Crippen LogP contribution < -0.4 is 4.74 Å².